The second-order valence-electron chi connectivity index (χ2n) is 5.25. The van der Waals surface area contributed by atoms with Crippen LogP contribution in [0.5, 0.6) is 0 Å². The standard InChI is InChI=1S/C17H29ClN2/c1-4-7-11-20(12-8-5-2)17-13-16(18)10-9-15(17)14-19-6-3/h9-10,13,19H,4-8,11-12,14H2,1-3H3. The third kappa shape index (κ3) is 5.72. The molecule has 0 spiro atoms. The fourth-order valence-electron chi connectivity index (χ4n) is 2.29. The first kappa shape index (κ1) is 17.3. The van der Waals surface area contributed by atoms with Gasteiger partial charge in [0.25, 0.3) is 0 Å². The number of halogens is 1. The summed E-state index contributed by atoms with van der Waals surface area (Å²) >= 11 is 6.22. The van der Waals surface area contributed by atoms with Gasteiger partial charge in [-0.3, -0.25) is 0 Å². The third-order valence-corrected chi connectivity index (χ3v) is 3.75. The molecule has 3 heteroatoms. The summed E-state index contributed by atoms with van der Waals surface area (Å²) in [5.74, 6) is 0. The van der Waals surface area contributed by atoms with Crippen LogP contribution in [0.3, 0.4) is 0 Å². The minimum atomic E-state index is 0.832. The van der Waals surface area contributed by atoms with Crippen molar-refractivity contribution in [3.63, 3.8) is 0 Å². The summed E-state index contributed by atoms with van der Waals surface area (Å²) in [5, 5.41) is 4.25. The number of unbranched alkanes of at least 4 members (excludes halogenated alkanes) is 2. The first-order valence-corrected chi connectivity index (χ1v) is 8.34. The summed E-state index contributed by atoms with van der Waals surface area (Å²) in [4.78, 5) is 2.51. The monoisotopic (exact) mass is 296 g/mol. The van der Waals surface area contributed by atoms with Crippen molar-refractivity contribution in [3.05, 3.63) is 28.8 Å². The lowest BCUT2D eigenvalue weighted by atomic mass is 10.1. The van der Waals surface area contributed by atoms with Crippen LogP contribution in [0.15, 0.2) is 18.2 Å². The lowest BCUT2D eigenvalue weighted by molar-refractivity contribution is 0.668. The summed E-state index contributed by atoms with van der Waals surface area (Å²) < 4.78 is 0. The quantitative estimate of drug-likeness (QED) is 0.663. The van der Waals surface area contributed by atoms with Crippen molar-refractivity contribution in [1.29, 1.82) is 0 Å². The zero-order valence-electron chi connectivity index (χ0n) is 13.2. The number of nitrogens with zero attached hydrogens (tertiary/aromatic N) is 1. The Hall–Kier alpha value is -0.730. The number of nitrogens with one attached hydrogen (secondary N) is 1. The molecule has 0 bridgehead atoms. The Labute approximate surface area is 129 Å². The molecule has 1 aromatic carbocycles. The van der Waals surface area contributed by atoms with E-state index in [9.17, 15) is 0 Å². The lowest BCUT2D eigenvalue weighted by Crippen LogP contribution is -2.27. The molecule has 0 fully saturated rings. The second kappa shape index (κ2) is 10.1. The smallest absolute Gasteiger partial charge is 0.0426 e. The molecule has 0 unspecified atom stereocenters. The second-order valence-corrected chi connectivity index (χ2v) is 5.68. The van der Waals surface area contributed by atoms with Gasteiger partial charge in [0.1, 0.15) is 0 Å². The van der Waals surface area contributed by atoms with Crippen LogP contribution in [0.4, 0.5) is 5.69 Å². The maximum Gasteiger partial charge on any atom is 0.0426 e. The van der Waals surface area contributed by atoms with Gasteiger partial charge in [0.05, 0.1) is 0 Å². The summed E-state index contributed by atoms with van der Waals surface area (Å²) in [6, 6.07) is 6.28. The van der Waals surface area contributed by atoms with Gasteiger partial charge in [0.15, 0.2) is 0 Å². The Morgan fingerprint density at radius 2 is 1.70 bits per heavy atom. The summed E-state index contributed by atoms with van der Waals surface area (Å²) in [5.41, 5.74) is 2.66. The maximum absolute atomic E-state index is 6.22. The van der Waals surface area contributed by atoms with Crippen molar-refractivity contribution in [1.82, 2.24) is 5.32 Å². The highest BCUT2D eigenvalue weighted by molar-refractivity contribution is 6.30. The molecule has 0 atom stereocenters. The van der Waals surface area contributed by atoms with E-state index in [1.165, 1.54) is 36.9 Å². The van der Waals surface area contributed by atoms with Crippen LogP contribution in [0.1, 0.15) is 52.0 Å². The van der Waals surface area contributed by atoms with Crippen LogP contribution in [0.2, 0.25) is 5.02 Å². The van der Waals surface area contributed by atoms with Crippen LogP contribution in [0, 0.1) is 0 Å². The van der Waals surface area contributed by atoms with Gasteiger partial charge >= 0.3 is 0 Å². The third-order valence-electron chi connectivity index (χ3n) is 3.52. The fraction of sp³-hybridized carbons (Fsp3) is 0.647. The highest BCUT2D eigenvalue weighted by Crippen LogP contribution is 2.26. The SMILES string of the molecule is CCCCN(CCCC)c1cc(Cl)ccc1CNCC. The molecular formula is C17H29ClN2. The van der Waals surface area contributed by atoms with E-state index < -0.39 is 0 Å². The van der Waals surface area contributed by atoms with E-state index in [2.05, 4.69) is 43.1 Å². The number of benzene rings is 1. The van der Waals surface area contributed by atoms with Gasteiger partial charge in [-0.15, -0.1) is 0 Å². The van der Waals surface area contributed by atoms with Gasteiger partial charge in [0, 0.05) is 30.3 Å². The molecule has 0 aliphatic carbocycles. The highest BCUT2D eigenvalue weighted by Gasteiger charge is 2.11. The minimum absolute atomic E-state index is 0.832. The van der Waals surface area contributed by atoms with Crippen molar-refractivity contribution >= 4 is 17.3 Å². The number of hydrogen-bond donors (Lipinski definition) is 1. The Morgan fingerprint density at radius 3 is 2.25 bits per heavy atom. The van der Waals surface area contributed by atoms with Crippen LogP contribution in [-0.2, 0) is 6.54 Å². The number of rotatable bonds is 10. The molecular weight excluding hydrogens is 268 g/mol. The molecule has 1 N–H and O–H groups in total. The zero-order chi connectivity index (χ0) is 14.8. The zero-order valence-corrected chi connectivity index (χ0v) is 14.0. The number of anilines is 1. The fourth-order valence-corrected chi connectivity index (χ4v) is 2.46. The van der Waals surface area contributed by atoms with E-state index in [1.807, 2.05) is 6.07 Å². The van der Waals surface area contributed by atoms with Crippen molar-refractivity contribution < 1.29 is 0 Å². The van der Waals surface area contributed by atoms with Crippen LogP contribution < -0.4 is 10.2 Å². The van der Waals surface area contributed by atoms with Gasteiger partial charge in [-0.25, -0.2) is 0 Å². The van der Waals surface area contributed by atoms with Gasteiger partial charge in [-0.2, -0.15) is 0 Å². The predicted molar refractivity (Wildman–Crippen MR) is 90.9 cm³/mol. The summed E-state index contributed by atoms with van der Waals surface area (Å²) in [6.07, 6.45) is 4.92. The van der Waals surface area contributed by atoms with Gasteiger partial charge in [-0.1, -0.05) is 51.3 Å². The van der Waals surface area contributed by atoms with E-state index in [0.29, 0.717) is 0 Å². The summed E-state index contributed by atoms with van der Waals surface area (Å²) in [6.45, 7) is 10.8. The molecule has 0 saturated carbocycles. The maximum atomic E-state index is 6.22. The van der Waals surface area contributed by atoms with E-state index in [4.69, 9.17) is 11.6 Å². The average Bonchev–Trinajstić information content (AvgIpc) is 2.46. The minimum Gasteiger partial charge on any atom is -0.371 e. The van der Waals surface area contributed by atoms with E-state index in [-0.39, 0.29) is 0 Å². The molecule has 0 saturated heterocycles. The van der Waals surface area contributed by atoms with Crippen LogP contribution in [-0.4, -0.2) is 19.6 Å². The van der Waals surface area contributed by atoms with Crippen molar-refractivity contribution in [2.24, 2.45) is 0 Å². The molecule has 114 valence electrons. The lowest BCUT2D eigenvalue weighted by Gasteiger charge is -2.27. The summed E-state index contributed by atoms with van der Waals surface area (Å²) in [7, 11) is 0. The molecule has 20 heavy (non-hydrogen) atoms. The Balaban J connectivity index is 2.92. The molecule has 0 radical (unpaired) electrons. The first-order valence-electron chi connectivity index (χ1n) is 7.97. The molecule has 0 heterocycles. The van der Waals surface area contributed by atoms with Crippen LogP contribution in [0.25, 0.3) is 0 Å². The number of hydrogen-bond acceptors (Lipinski definition) is 2. The molecule has 2 nitrogen and oxygen atoms in total. The molecule has 0 aromatic heterocycles. The Bertz CT molecular complexity index is 371. The van der Waals surface area contributed by atoms with Crippen LogP contribution >= 0.6 is 11.6 Å². The van der Waals surface area contributed by atoms with Crippen molar-refractivity contribution in [2.75, 3.05) is 24.5 Å². The predicted octanol–water partition coefficient (Wildman–Crippen LogP) is 4.86. The van der Waals surface area contributed by atoms with Crippen molar-refractivity contribution in [3.8, 4) is 0 Å². The topological polar surface area (TPSA) is 15.3 Å². The Kier molecular flexibility index (Phi) is 8.72. The van der Waals surface area contributed by atoms with E-state index in [1.54, 1.807) is 0 Å². The molecule has 1 aromatic rings. The highest BCUT2D eigenvalue weighted by atomic mass is 35.5. The molecule has 0 aliphatic rings. The normalized spacial score (nSPS) is 10.8. The molecule has 0 amide bonds. The van der Waals surface area contributed by atoms with E-state index in [0.717, 1.165) is 31.2 Å². The van der Waals surface area contributed by atoms with Crippen molar-refractivity contribution in [2.45, 2.75) is 53.0 Å². The van der Waals surface area contributed by atoms with Gasteiger partial charge < -0.3 is 10.2 Å². The average molecular weight is 297 g/mol. The van der Waals surface area contributed by atoms with E-state index >= 15 is 0 Å². The molecule has 1 rings (SSSR count). The Morgan fingerprint density at radius 1 is 1.05 bits per heavy atom. The molecule has 0 aliphatic heterocycles. The van der Waals surface area contributed by atoms with Gasteiger partial charge in [0.2, 0.25) is 0 Å². The largest absolute Gasteiger partial charge is 0.371 e. The first-order chi connectivity index (χ1) is 9.72. The van der Waals surface area contributed by atoms with Gasteiger partial charge in [-0.05, 0) is 37.1 Å².